The van der Waals surface area contributed by atoms with E-state index in [9.17, 15) is 14.4 Å². The third-order valence-corrected chi connectivity index (χ3v) is 5.74. The number of carbonyl (C=O) groups excluding carboxylic acids is 3. The first-order chi connectivity index (χ1) is 12.7. The highest BCUT2D eigenvalue weighted by atomic mass is 16.2. The van der Waals surface area contributed by atoms with E-state index in [1.807, 2.05) is 17.0 Å². The van der Waals surface area contributed by atoms with Crippen molar-refractivity contribution in [1.82, 2.24) is 9.80 Å². The highest BCUT2D eigenvalue weighted by Crippen LogP contribution is 2.32. The number of rotatable bonds is 2. The molecule has 26 heavy (non-hydrogen) atoms. The Hall–Kier alpha value is -2.37. The average Bonchev–Trinajstić information content (AvgIpc) is 2.96. The average molecular weight is 355 g/mol. The van der Waals surface area contributed by atoms with Crippen LogP contribution >= 0.6 is 0 Å². The number of likely N-dealkylation sites (tertiary alicyclic amines) is 1. The summed E-state index contributed by atoms with van der Waals surface area (Å²) in [5.41, 5.74) is 1.09. The quantitative estimate of drug-likeness (QED) is 0.816. The highest BCUT2D eigenvalue weighted by molar-refractivity contribution is 6.12. The molecule has 6 nitrogen and oxygen atoms in total. The minimum Gasteiger partial charge on any atom is -0.341 e. The van der Waals surface area contributed by atoms with Gasteiger partial charge < -0.3 is 14.7 Å². The van der Waals surface area contributed by atoms with Crippen molar-refractivity contribution in [2.75, 3.05) is 31.1 Å². The van der Waals surface area contributed by atoms with Crippen molar-refractivity contribution in [2.45, 2.75) is 44.6 Å². The van der Waals surface area contributed by atoms with Crippen LogP contribution in [0.1, 0.15) is 48.9 Å². The Morgan fingerprint density at radius 2 is 1.69 bits per heavy atom. The molecule has 3 amide bonds. The molecule has 0 radical (unpaired) electrons. The lowest BCUT2D eigenvalue weighted by Crippen LogP contribution is -2.49. The Labute approximate surface area is 153 Å². The molecule has 0 spiro atoms. The van der Waals surface area contributed by atoms with E-state index >= 15 is 0 Å². The zero-order valence-corrected chi connectivity index (χ0v) is 15.0. The first-order valence-electron chi connectivity index (χ1n) is 9.66. The van der Waals surface area contributed by atoms with Gasteiger partial charge in [0.1, 0.15) is 12.6 Å². The molecule has 3 heterocycles. The lowest BCUT2D eigenvalue weighted by Gasteiger charge is -2.28. The molecule has 0 aliphatic carbocycles. The summed E-state index contributed by atoms with van der Waals surface area (Å²) in [4.78, 5) is 44.1. The van der Waals surface area contributed by atoms with Gasteiger partial charge in [-0.25, -0.2) is 0 Å². The minimum absolute atomic E-state index is 0.0195. The number of anilines is 1. The van der Waals surface area contributed by atoms with Gasteiger partial charge in [0.15, 0.2) is 0 Å². The lowest BCUT2D eigenvalue weighted by molar-refractivity contribution is -0.132. The predicted molar refractivity (Wildman–Crippen MR) is 97.9 cm³/mol. The summed E-state index contributed by atoms with van der Waals surface area (Å²) in [6, 6.07) is 6.73. The van der Waals surface area contributed by atoms with E-state index in [0.717, 1.165) is 45.2 Å². The highest BCUT2D eigenvalue weighted by Gasteiger charge is 2.42. The number of benzene rings is 1. The van der Waals surface area contributed by atoms with Gasteiger partial charge in [-0.3, -0.25) is 14.4 Å². The number of para-hydroxylation sites is 1. The van der Waals surface area contributed by atoms with Crippen molar-refractivity contribution in [1.29, 1.82) is 0 Å². The second-order valence-corrected chi connectivity index (χ2v) is 7.39. The van der Waals surface area contributed by atoms with Gasteiger partial charge in [-0.05, 0) is 37.8 Å². The summed E-state index contributed by atoms with van der Waals surface area (Å²) in [5.74, 6) is -0.237. The van der Waals surface area contributed by atoms with Crippen LogP contribution in [0.4, 0.5) is 5.69 Å². The topological polar surface area (TPSA) is 60.9 Å². The number of carbonyl (C=O) groups is 3. The molecule has 0 saturated carbocycles. The molecule has 138 valence electrons. The SMILES string of the molecule is O=C(CN1C(=O)[C@H]2CCCN2C(=O)c2ccccc21)N1CCCCCC1. The first kappa shape index (κ1) is 17.1. The second kappa shape index (κ2) is 7.09. The van der Waals surface area contributed by atoms with Crippen molar-refractivity contribution in [3.63, 3.8) is 0 Å². The molecule has 1 aromatic rings. The molecule has 2 fully saturated rings. The molecule has 3 aliphatic rings. The van der Waals surface area contributed by atoms with Gasteiger partial charge in [-0.1, -0.05) is 25.0 Å². The van der Waals surface area contributed by atoms with Crippen LogP contribution in [0, 0.1) is 0 Å². The molecule has 1 atom stereocenters. The molecule has 0 aromatic heterocycles. The van der Waals surface area contributed by atoms with E-state index < -0.39 is 6.04 Å². The molecule has 0 bridgehead atoms. The smallest absolute Gasteiger partial charge is 0.256 e. The van der Waals surface area contributed by atoms with Crippen LogP contribution in [-0.2, 0) is 9.59 Å². The van der Waals surface area contributed by atoms with Gasteiger partial charge in [0.05, 0.1) is 11.3 Å². The Kier molecular flexibility index (Phi) is 4.66. The Morgan fingerprint density at radius 3 is 2.46 bits per heavy atom. The maximum Gasteiger partial charge on any atom is 0.256 e. The van der Waals surface area contributed by atoms with Crippen molar-refractivity contribution < 1.29 is 14.4 Å². The number of fused-ring (bicyclic) bond motifs is 2. The van der Waals surface area contributed by atoms with E-state index in [1.165, 1.54) is 0 Å². The van der Waals surface area contributed by atoms with Gasteiger partial charge in [0, 0.05) is 19.6 Å². The van der Waals surface area contributed by atoms with Crippen molar-refractivity contribution in [3.8, 4) is 0 Å². The van der Waals surface area contributed by atoms with Crippen LogP contribution in [-0.4, -0.2) is 59.7 Å². The summed E-state index contributed by atoms with van der Waals surface area (Å²) in [7, 11) is 0. The fraction of sp³-hybridized carbons (Fsp3) is 0.550. The monoisotopic (exact) mass is 355 g/mol. The number of nitrogens with zero attached hydrogens (tertiary/aromatic N) is 3. The van der Waals surface area contributed by atoms with Gasteiger partial charge in [-0.2, -0.15) is 0 Å². The molecular weight excluding hydrogens is 330 g/mol. The zero-order valence-electron chi connectivity index (χ0n) is 15.0. The predicted octanol–water partition coefficient (Wildman–Crippen LogP) is 2.04. The summed E-state index contributed by atoms with van der Waals surface area (Å²) in [6.45, 7) is 2.15. The van der Waals surface area contributed by atoms with E-state index in [4.69, 9.17) is 0 Å². The zero-order chi connectivity index (χ0) is 18.1. The summed E-state index contributed by atoms with van der Waals surface area (Å²) in [6.07, 6.45) is 5.85. The number of hydrogen-bond acceptors (Lipinski definition) is 3. The lowest BCUT2D eigenvalue weighted by atomic mass is 10.1. The number of hydrogen-bond donors (Lipinski definition) is 0. The molecule has 1 aromatic carbocycles. The summed E-state index contributed by atoms with van der Waals surface area (Å²) >= 11 is 0. The van der Waals surface area contributed by atoms with Crippen LogP contribution in [0.5, 0.6) is 0 Å². The summed E-state index contributed by atoms with van der Waals surface area (Å²) < 4.78 is 0. The van der Waals surface area contributed by atoms with Crippen molar-refractivity contribution in [3.05, 3.63) is 29.8 Å². The molecule has 0 unspecified atom stereocenters. The van der Waals surface area contributed by atoms with Crippen molar-refractivity contribution in [2.24, 2.45) is 0 Å². The molecule has 6 heteroatoms. The number of amides is 3. The van der Waals surface area contributed by atoms with Crippen LogP contribution in [0.15, 0.2) is 24.3 Å². The third-order valence-electron chi connectivity index (χ3n) is 5.74. The van der Waals surface area contributed by atoms with Gasteiger partial charge >= 0.3 is 0 Å². The molecule has 2 saturated heterocycles. The fourth-order valence-corrected chi connectivity index (χ4v) is 4.33. The normalized spacial score (nSPS) is 23.4. The van der Waals surface area contributed by atoms with Crippen LogP contribution in [0.2, 0.25) is 0 Å². The fourth-order valence-electron chi connectivity index (χ4n) is 4.33. The van der Waals surface area contributed by atoms with Gasteiger partial charge in [0.25, 0.3) is 5.91 Å². The Morgan fingerprint density at radius 1 is 0.962 bits per heavy atom. The van der Waals surface area contributed by atoms with Crippen LogP contribution in [0.25, 0.3) is 0 Å². The van der Waals surface area contributed by atoms with E-state index in [0.29, 0.717) is 24.2 Å². The van der Waals surface area contributed by atoms with Gasteiger partial charge in [0.2, 0.25) is 11.8 Å². The standard InChI is InChI=1S/C20H25N3O3/c24-18(21-11-5-1-2-6-12-21)14-23-16-9-4-3-8-15(16)19(25)22-13-7-10-17(22)20(23)26/h3-4,8-9,17H,1-2,5-7,10-14H2/t17-/m1/s1. The molecular formula is C20H25N3O3. The van der Waals surface area contributed by atoms with Crippen LogP contribution < -0.4 is 4.90 Å². The second-order valence-electron chi connectivity index (χ2n) is 7.39. The van der Waals surface area contributed by atoms with E-state index in [2.05, 4.69) is 0 Å². The maximum atomic E-state index is 13.2. The summed E-state index contributed by atoms with van der Waals surface area (Å²) in [5, 5.41) is 0. The maximum absolute atomic E-state index is 13.2. The largest absolute Gasteiger partial charge is 0.341 e. The van der Waals surface area contributed by atoms with Crippen molar-refractivity contribution >= 4 is 23.4 Å². The van der Waals surface area contributed by atoms with E-state index in [1.54, 1.807) is 21.9 Å². The first-order valence-corrected chi connectivity index (χ1v) is 9.66. The van der Waals surface area contributed by atoms with Gasteiger partial charge in [-0.15, -0.1) is 0 Å². The Balaban J connectivity index is 1.64. The van der Waals surface area contributed by atoms with Crippen LogP contribution in [0.3, 0.4) is 0 Å². The molecule has 0 N–H and O–H groups in total. The third kappa shape index (κ3) is 2.97. The Bertz CT molecular complexity index is 725. The molecule has 4 rings (SSSR count). The minimum atomic E-state index is -0.438. The van der Waals surface area contributed by atoms with E-state index in [-0.39, 0.29) is 24.3 Å². The molecule has 3 aliphatic heterocycles.